The van der Waals surface area contributed by atoms with Gasteiger partial charge in [-0.3, -0.25) is 9.48 Å². The standard InChI is InChI=1S/C27H26F5N5OS/c1-5-37-14-21(25(34-37)27(30,31)32)18-11-16(26(28)29)8-9-17(18)20-13-36(24(38)7-6-10-35(3)4)15-22-19(20)12-23(33-2)39-22/h6-9,11-12,14,20,26H,5,10,13,15H2,1,3-4H3/b7-6+. The largest absolute Gasteiger partial charge is 0.435 e. The number of hydrogen-bond acceptors (Lipinski definition) is 4. The minimum atomic E-state index is -4.82. The molecule has 1 aliphatic rings. The van der Waals surface area contributed by atoms with Gasteiger partial charge in [0.25, 0.3) is 6.43 Å². The first-order valence-electron chi connectivity index (χ1n) is 12.1. The molecule has 1 aliphatic heterocycles. The van der Waals surface area contributed by atoms with Crippen LogP contribution in [0.3, 0.4) is 0 Å². The number of carbonyl (C=O) groups excluding carboxylic acids is 1. The summed E-state index contributed by atoms with van der Waals surface area (Å²) in [5.74, 6) is -0.926. The van der Waals surface area contributed by atoms with Crippen LogP contribution in [-0.4, -0.2) is 52.7 Å². The maximum absolute atomic E-state index is 14.0. The van der Waals surface area contributed by atoms with E-state index in [0.29, 0.717) is 22.7 Å². The number of amides is 1. The number of carbonyl (C=O) groups is 1. The van der Waals surface area contributed by atoms with Crippen molar-refractivity contribution in [3.8, 4) is 11.1 Å². The summed E-state index contributed by atoms with van der Waals surface area (Å²) < 4.78 is 70.7. The summed E-state index contributed by atoms with van der Waals surface area (Å²) in [6, 6.07) is 5.35. The summed E-state index contributed by atoms with van der Waals surface area (Å²) in [5.41, 5.74) is -0.864. The molecule has 4 rings (SSSR count). The van der Waals surface area contributed by atoms with E-state index < -0.39 is 29.8 Å². The van der Waals surface area contributed by atoms with Gasteiger partial charge in [-0.05, 0) is 49.8 Å². The second kappa shape index (κ2) is 11.3. The lowest BCUT2D eigenvalue weighted by Crippen LogP contribution is -2.37. The minimum absolute atomic E-state index is 0.0243. The van der Waals surface area contributed by atoms with E-state index in [1.165, 1.54) is 35.7 Å². The third kappa shape index (κ3) is 6.04. The molecule has 3 heterocycles. The van der Waals surface area contributed by atoms with Crippen LogP contribution in [-0.2, 0) is 24.1 Å². The average Bonchev–Trinajstić information content (AvgIpc) is 3.51. The molecule has 1 unspecified atom stereocenters. The van der Waals surface area contributed by atoms with Crippen molar-refractivity contribution in [3.05, 3.63) is 81.3 Å². The van der Waals surface area contributed by atoms with Crippen LogP contribution < -0.4 is 0 Å². The Labute approximate surface area is 226 Å². The average molecular weight is 564 g/mol. The Morgan fingerprint density at radius 1 is 1.26 bits per heavy atom. The molecule has 0 N–H and O–H groups in total. The van der Waals surface area contributed by atoms with Crippen molar-refractivity contribution in [1.82, 2.24) is 19.6 Å². The third-order valence-electron chi connectivity index (χ3n) is 6.44. The number of alkyl halides is 5. The summed E-state index contributed by atoms with van der Waals surface area (Å²) in [6.07, 6.45) is -3.34. The molecule has 206 valence electrons. The number of thiophene rings is 1. The number of aromatic nitrogens is 2. The third-order valence-corrected chi connectivity index (χ3v) is 7.47. The number of nitrogens with zero attached hydrogens (tertiary/aromatic N) is 5. The van der Waals surface area contributed by atoms with Crippen LogP contribution >= 0.6 is 11.3 Å². The molecule has 6 nitrogen and oxygen atoms in total. The van der Waals surface area contributed by atoms with E-state index in [0.717, 1.165) is 15.6 Å². The molecular weight excluding hydrogens is 537 g/mol. The monoisotopic (exact) mass is 563 g/mol. The lowest BCUT2D eigenvalue weighted by molar-refractivity contribution is -0.141. The Bertz CT molecular complexity index is 1430. The lowest BCUT2D eigenvalue weighted by Gasteiger charge is -2.34. The molecule has 0 bridgehead atoms. The molecule has 1 amide bonds. The van der Waals surface area contributed by atoms with Crippen LogP contribution in [0.25, 0.3) is 16.0 Å². The van der Waals surface area contributed by atoms with E-state index in [1.54, 1.807) is 24.0 Å². The fourth-order valence-corrected chi connectivity index (χ4v) is 5.62. The van der Waals surface area contributed by atoms with Crippen LogP contribution in [0.1, 0.15) is 46.5 Å². The van der Waals surface area contributed by atoms with E-state index in [2.05, 4.69) is 9.94 Å². The van der Waals surface area contributed by atoms with Crippen molar-refractivity contribution >= 4 is 22.2 Å². The van der Waals surface area contributed by atoms with E-state index in [-0.39, 0.29) is 36.7 Å². The molecule has 1 atom stereocenters. The first-order chi connectivity index (χ1) is 18.4. The number of halogens is 5. The quantitative estimate of drug-likeness (QED) is 0.182. The van der Waals surface area contributed by atoms with Gasteiger partial charge in [-0.2, -0.15) is 29.6 Å². The molecule has 3 aromatic rings. The van der Waals surface area contributed by atoms with Gasteiger partial charge in [0.2, 0.25) is 10.9 Å². The highest BCUT2D eigenvalue weighted by atomic mass is 32.1. The normalized spacial score (nSPS) is 15.8. The molecule has 0 spiro atoms. The molecule has 0 saturated heterocycles. The van der Waals surface area contributed by atoms with Gasteiger partial charge < -0.3 is 9.80 Å². The molecule has 0 radical (unpaired) electrons. The Kier molecular flexibility index (Phi) is 8.23. The molecule has 1 aromatic carbocycles. The van der Waals surface area contributed by atoms with E-state index in [9.17, 15) is 26.7 Å². The lowest BCUT2D eigenvalue weighted by atomic mass is 9.83. The van der Waals surface area contributed by atoms with Gasteiger partial charge >= 0.3 is 6.18 Å². The topological polar surface area (TPSA) is 45.7 Å². The second-order valence-electron chi connectivity index (χ2n) is 9.40. The van der Waals surface area contributed by atoms with Crippen LogP contribution in [0.4, 0.5) is 27.0 Å². The Morgan fingerprint density at radius 2 is 2.00 bits per heavy atom. The van der Waals surface area contributed by atoms with E-state index in [4.69, 9.17) is 6.57 Å². The van der Waals surface area contributed by atoms with Crippen molar-refractivity contribution in [1.29, 1.82) is 0 Å². The van der Waals surface area contributed by atoms with Gasteiger partial charge in [0.05, 0.1) is 13.1 Å². The van der Waals surface area contributed by atoms with Gasteiger partial charge in [0.1, 0.15) is 0 Å². The number of likely N-dealkylation sites (N-methyl/N-ethyl adjacent to an activating group) is 1. The highest BCUT2D eigenvalue weighted by Gasteiger charge is 2.39. The van der Waals surface area contributed by atoms with E-state index >= 15 is 0 Å². The number of hydrogen-bond donors (Lipinski definition) is 0. The molecule has 2 aromatic heterocycles. The predicted octanol–water partition coefficient (Wildman–Crippen LogP) is 6.73. The number of aryl methyl sites for hydroxylation is 1. The van der Waals surface area contributed by atoms with Crippen molar-refractivity contribution in [2.24, 2.45) is 0 Å². The van der Waals surface area contributed by atoms with Crippen LogP contribution in [0.2, 0.25) is 0 Å². The molecule has 39 heavy (non-hydrogen) atoms. The van der Waals surface area contributed by atoms with E-state index in [1.807, 2.05) is 19.0 Å². The minimum Gasteiger partial charge on any atom is -0.333 e. The molecule has 0 saturated carbocycles. The first-order valence-corrected chi connectivity index (χ1v) is 12.9. The maximum atomic E-state index is 14.0. The zero-order valence-electron chi connectivity index (χ0n) is 21.5. The Morgan fingerprint density at radius 3 is 2.62 bits per heavy atom. The maximum Gasteiger partial charge on any atom is 0.435 e. The van der Waals surface area contributed by atoms with Gasteiger partial charge in [-0.25, -0.2) is 13.6 Å². The van der Waals surface area contributed by atoms with Gasteiger partial charge in [-0.1, -0.05) is 18.2 Å². The van der Waals surface area contributed by atoms with Crippen molar-refractivity contribution in [3.63, 3.8) is 0 Å². The highest BCUT2D eigenvalue weighted by Crippen LogP contribution is 2.46. The smallest absolute Gasteiger partial charge is 0.333 e. The van der Waals surface area contributed by atoms with Crippen molar-refractivity contribution < 1.29 is 26.7 Å². The number of fused-ring (bicyclic) bond motifs is 1. The summed E-state index contributed by atoms with van der Waals surface area (Å²) >= 11 is 1.21. The van der Waals surface area contributed by atoms with Gasteiger partial charge in [0.15, 0.2) is 5.69 Å². The molecule has 0 fully saturated rings. The zero-order valence-corrected chi connectivity index (χ0v) is 22.3. The zero-order chi connectivity index (χ0) is 28.5. The fourth-order valence-electron chi connectivity index (χ4n) is 4.60. The molecular formula is C27H26F5N5OS. The summed E-state index contributed by atoms with van der Waals surface area (Å²) in [7, 11) is 3.71. The first kappa shape index (κ1) is 28.4. The summed E-state index contributed by atoms with van der Waals surface area (Å²) in [4.78, 5) is 20.8. The molecule has 0 aliphatic carbocycles. The second-order valence-corrected chi connectivity index (χ2v) is 10.5. The van der Waals surface area contributed by atoms with Crippen LogP contribution in [0.15, 0.2) is 42.6 Å². The SMILES string of the molecule is [C-]#[N+]c1cc2c(s1)CN(C(=O)/C=C/CN(C)C)CC2c1ccc(C(F)F)cc1-c1cn(CC)nc1C(F)(F)F. The fraction of sp³-hybridized carbons (Fsp3) is 0.370. The Balaban J connectivity index is 1.89. The number of benzene rings is 1. The van der Waals surface area contributed by atoms with Crippen molar-refractivity contribution in [2.75, 3.05) is 27.2 Å². The summed E-state index contributed by atoms with van der Waals surface area (Å²) in [5, 5.41) is 4.06. The molecule has 12 heteroatoms. The van der Waals surface area contributed by atoms with Crippen LogP contribution in [0.5, 0.6) is 0 Å². The van der Waals surface area contributed by atoms with Gasteiger partial charge in [0, 0.05) is 53.8 Å². The van der Waals surface area contributed by atoms with Crippen molar-refractivity contribution in [2.45, 2.75) is 38.5 Å². The van der Waals surface area contributed by atoms with Crippen LogP contribution in [0, 0.1) is 6.57 Å². The Hall–Kier alpha value is -3.56. The predicted molar refractivity (Wildman–Crippen MR) is 139 cm³/mol. The van der Waals surface area contributed by atoms with Gasteiger partial charge in [-0.15, -0.1) is 0 Å². The summed E-state index contributed by atoms with van der Waals surface area (Å²) in [6.45, 7) is 10.1. The number of rotatable bonds is 7. The highest BCUT2D eigenvalue weighted by molar-refractivity contribution is 7.16.